The molecular weight excluding hydrogens is 352 g/mol. The Morgan fingerprint density at radius 3 is 2.93 bits per heavy atom. The maximum Gasteiger partial charge on any atom is 0.251 e. The topological polar surface area (TPSA) is 75.1 Å². The van der Waals surface area contributed by atoms with Crippen molar-refractivity contribution in [3.8, 4) is 5.69 Å². The summed E-state index contributed by atoms with van der Waals surface area (Å²) in [7, 11) is 0. The monoisotopic (exact) mass is 380 g/mol. The lowest BCUT2D eigenvalue weighted by Gasteiger charge is -2.55. The Kier molecular flexibility index (Phi) is 4.86. The molecule has 0 unspecified atom stereocenters. The van der Waals surface area contributed by atoms with E-state index in [4.69, 9.17) is 0 Å². The number of rotatable bonds is 4. The first kappa shape index (κ1) is 17.8. The summed E-state index contributed by atoms with van der Waals surface area (Å²) in [5.74, 6) is 1.41. The minimum atomic E-state index is -0.00521. The van der Waals surface area contributed by atoms with Gasteiger partial charge in [0, 0.05) is 29.9 Å². The summed E-state index contributed by atoms with van der Waals surface area (Å²) in [5.41, 5.74) is 1.57. The van der Waals surface area contributed by atoms with Gasteiger partial charge < -0.3 is 10.6 Å². The number of hydrogen-bond acceptors (Lipinski definition) is 5. The number of benzene rings is 1. The van der Waals surface area contributed by atoms with Crippen molar-refractivity contribution in [3.05, 3.63) is 42.5 Å². The molecule has 28 heavy (non-hydrogen) atoms. The highest BCUT2D eigenvalue weighted by atomic mass is 16.1. The highest BCUT2D eigenvalue weighted by molar-refractivity contribution is 5.94. The minimum Gasteiger partial charge on any atom is -0.350 e. The number of hydrogen-bond donors (Lipinski definition) is 2. The van der Waals surface area contributed by atoms with E-state index in [1.54, 1.807) is 12.7 Å². The molecule has 7 heteroatoms. The molecule has 2 bridgehead atoms. The van der Waals surface area contributed by atoms with Crippen LogP contribution in [-0.4, -0.2) is 63.8 Å². The molecule has 1 amide bonds. The molecule has 4 heterocycles. The Bertz CT molecular complexity index is 822. The van der Waals surface area contributed by atoms with Crippen LogP contribution in [0.1, 0.15) is 36.0 Å². The van der Waals surface area contributed by atoms with Crippen LogP contribution < -0.4 is 10.6 Å². The van der Waals surface area contributed by atoms with Crippen molar-refractivity contribution in [3.63, 3.8) is 0 Å². The van der Waals surface area contributed by atoms with Crippen molar-refractivity contribution in [1.29, 1.82) is 0 Å². The normalized spacial score (nSPS) is 29.9. The standard InChI is InChI=1S/C21H28N6O/c28-21(15-4-3-5-18(9-15)26-13-24-25-14-26)23-12-20-17-8-16(10-22-11-17)19-6-1-2-7-27(19)20/h3-5,9,13-14,16-17,19-20,22H,1-2,6-8,10-12H2,(H,23,28)/t16-,17+,19+,20+/m1/s1. The van der Waals surface area contributed by atoms with E-state index in [0.29, 0.717) is 23.6 Å². The number of aromatic nitrogens is 3. The first-order chi connectivity index (χ1) is 13.8. The molecule has 0 aliphatic carbocycles. The van der Waals surface area contributed by atoms with E-state index in [1.807, 2.05) is 28.8 Å². The molecule has 1 aromatic heterocycles. The Morgan fingerprint density at radius 1 is 1.18 bits per heavy atom. The highest BCUT2D eigenvalue weighted by Crippen LogP contribution is 2.38. The van der Waals surface area contributed by atoms with Crippen molar-refractivity contribution < 1.29 is 4.79 Å². The second-order valence-electron chi connectivity index (χ2n) is 8.41. The van der Waals surface area contributed by atoms with Gasteiger partial charge in [-0.3, -0.25) is 14.3 Å². The van der Waals surface area contributed by atoms with E-state index >= 15 is 0 Å². The summed E-state index contributed by atoms with van der Waals surface area (Å²) in [4.78, 5) is 15.6. The van der Waals surface area contributed by atoms with E-state index in [1.165, 1.54) is 32.2 Å². The molecule has 2 N–H and O–H groups in total. The average Bonchev–Trinajstić information content (AvgIpc) is 3.29. The van der Waals surface area contributed by atoms with Gasteiger partial charge in [-0.15, -0.1) is 10.2 Å². The second-order valence-corrected chi connectivity index (χ2v) is 8.41. The van der Waals surface area contributed by atoms with E-state index in [9.17, 15) is 4.79 Å². The van der Waals surface area contributed by atoms with E-state index in [-0.39, 0.29) is 5.91 Å². The van der Waals surface area contributed by atoms with Gasteiger partial charge in [-0.2, -0.15) is 0 Å². The number of carbonyl (C=O) groups excluding carboxylic acids is 1. The van der Waals surface area contributed by atoms with Crippen LogP contribution in [-0.2, 0) is 0 Å². The lowest BCUT2D eigenvalue weighted by molar-refractivity contribution is -0.0371. The summed E-state index contributed by atoms with van der Waals surface area (Å²) < 4.78 is 1.81. The van der Waals surface area contributed by atoms with Crippen molar-refractivity contribution in [2.45, 2.75) is 37.8 Å². The summed E-state index contributed by atoms with van der Waals surface area (Å²) in [5, 5.41) is 14.5. The van der Waals surface area contributed by atoms with Crippen molar-refractivity contribution in [2.75, 3.05) is 26.2 Å². The molecule has 0 radical (unpaired) electrons. The molecule has 0 saturated carbocycles. The lowest BCUT2D eigenvalue weighted by Crippen LogP contribution is -2.65. The molecule has 3 saturated heterocycles. The molecule has 148 valence electrons. The smallest absolute Gasteiger partial charge is 0.251 e. The number of nitrogens with zero attached hydrogens (tertiary/aromatic N) is 4. The van der Waals surface area contributed by atoms with Gasteiger partial charge in [-0.05, 0) is 68.9 Å². The zero-order valence-electron chi connectivity index (χ0n) is 16.1. The van der Waals surface area contributed by atoms with Crippen LogP contribution in [0.2, 0.25) is 0 Å². The van der Waals surface area contributed by atoms with E-state index in [2.05, 4.69) is 25.7 Å². The molecule has 3 fully saturated rings. The minimum absolute atomic E-state index is 0.00521. The lowest BCUT2D eigenvalue weighted by atomic mass is 9.73. The molecule has 1 aromatic carbocycles. The predicted molar refractivity (Wildman–Crippen MR) is 106 cm³/mol. The fraction of sp³-hybridized carbons (Fsp3) is 0.571. The summed E-state index contributed by atoms with van der Waals surface area (Å²) in [6.07, 6.45) is 8.53. The Morgan fingerprint density at radius 2 is 2.04 bits per heavy atom. The fourth-order valence-corrected chi connectivity index (χ4v) is 5.49. The largest absolute Gasteiger partial charge is 0.350 e. The number of nitrogens with one attached hydrogen (secondary N) is 2. The van der Waals surface area contributed by atoms with Gasteiger partial charge in [0.15, 0.2) is 0 Å². The van der Waals surface area contributed by atoms with Gasteiger partial charge in [0.25, 0.3) is 5.91 Å². The van der Waals surface area contributed by atoms with Crippen LogP contribution in [0.3, 0.4) is 0 Å². The first-order valence-corrected chi connectivity index (χ1v) is 10.5. The molecule has 2 aromatic rings. The zero-order valence-corrected chi connectivity index (χ0v) is 16.1. The number of amides is 1. The maximum absolute atomic E-state index is 12.9. The third-order valence-electron chi connectivity index (χ3n) is 6.82. The Balaban J connectivity index is 1.29. The predicted octanol–water partition coefficient (Wildman–Crippen LogP) is 1.46. The third-order valence-corrected chi connectivity index (χ3v) is 6.82. The van der Waals surface area contributed by atoms with E-state index in [0.717, 1.165) is 31.2 Å². The summed E-state index contributed by atoms with van der Waals surface area (Å²) in [6.45, 7) is 4.14. The fourth-order valence-electron chi connectivity index (χ4n) is 5.49. The number of carbonyl (C=O) groups is 1. The molecule has 0 spiro atoms. The molecule has 5 rings (SSSR count). The number of fused-ring (bicyclic) bond motifs is 4. The second kappa shape index (κ2) is 7.64. The van der Waals surface area contributed by atoms with Crippen molar-refractivity contribution in [2.24, 2.45) is 11.8 Å². The van der Waals surface area contributed by atoms with Crippen LogP contribution in [0.4, 0.5) is 0 Å². The van der Waals surface area contributed by atoms with Crippen LogP contribution >= 0.6 is 0 Å². The van der Waals surface area contributed by atoms with Gasteiger partial charge in [0.05, 0.1) is 0 Å². The van der Waals surface area contributed by atoms with Gasteiger partial charge in [0.2, 0.25) is 0 Å². The van der Waals surface area contributed by atoms with Crippen molar-refractivity contribution >= 4 is 5.91 Å². The molecule has 3 aliphatic heterocycles. The number of piperidine rings is 3. The van der Waals surface area contributed by atoms with Gasteiger partial charge in [-0.25, -0.2) is 0 Å². The molecule has 7 nitrogen and oxygen atoms in total. The van der Waals surface area contributed by atoms with Crippen LogP contribution in [0, 0.1) is 11.8 Å². The van der Waals surface area contributed by atoms with Gasteiger partial charge >= 0.3 is 0 Å². The van der Waals surface area contributed by atoms with Gasteiger partial charge in [-0.1, -0.05) is 12.5 Å². The Labute approximate surface area is 165 Å². The third kappa shape index (κ3) is 3.33. The Hall–Kier alpha value is -2.25. The van der Waals surface area contributed by atoms with Gasteiger partial charge in [0.1, 0.15) is 12.7 Å². The first-order valence-electron chi connectivity index (χ1n) is 10.5. The summed E-state index contributed by atoms with van der Waals surface area (Å²) in [6, 6.07) is 8.75. The highest BCUT2D eigenvalue weighted by Gasteiger charge is 2.45. The molecular formula is C21H28N6O. The molecule has 4 atom stereocenters. The van der Waals surface area contributed by atoms with Crippen LogP contribution in [0.5, 0.6) is 0 Å². The maximum atomic E-state index is 12.9. The quantitative estimate of drug-likeness (QED) is 0.840. The summed E-state index contributed by atoms with van der Waals surface area (Å²) >= 11 is 0. The van der Waals surface area contributed by atoms with E-state index < -0.39 is 0 Å². The van der Waals surface area contributed by atoms with Crippen LogP contribution in [0.25, 0.3) is 5.69 Å². The van der Waals surface area contributed by atoms with Crippen molar-refractivity contribution in [1.82, 2.24) is 30.3 Å². The average molecular weight is 380 g/mol. The molecule has 3 aliphatic rings. The van der Waals surface area contributed by atoms with Crippen LogP contribution in [0.15, 0.2) is 36.9 Å². The zero-order chi connectivity index (χ0) is 18.9. The SMILES string of the molecule is O=C(NC[C@H]1[C@@H]2CNC[C@@H](C2)[C@@H]2CCCCN21)c1cccc(-n2cnnc2)c1.